The predicted octanol–water partition coefficient (Wildman–Crippen LogP) is 3.11. The van der Waals surface area contributed by atoms with E-state index >= 15 is 0 Å². The number of ketones is 1. The van der Waals surface area contributed by atoms with Crippen LogP contribution in [0.1, 0.15) is 47.0 Å². The van der Waals surface area contributed by atoms with Crippen molar-refractivity contribution < 1.29 is 4.79 Å². The van der Waals surface area contributed by atoms with E-state index in [0.29, 0.717) is 11.7 Å². The molecule has 1 rings (SSSR count). The summed E-state index contributed by atoms with van der Waals surface area (Å²) >= 11 is 0. The molecular weight excluding hydrogens is 186 g/mol. The molecule has 0 N–H and O–H groups in total. The van der Waals surface area contributed by atoms with Gasteiger partial charge in [0.05, 0.1) is 0 Å². The SMILES string of the molecule is CC(C)C(=O)[C@H](CC1=NCCC1)C(C)C. The molecular formula is C13H23NO. The Morgan fingerprint density at radius 1 is 1.33 bits per heavy atom. The van der Waals surface area contributed by atoms with Gasteiger partial charge in [-0.3, -0.25) is 9.79 Å². The van der Waals surface area contributed by atoms with Gasteiger partial charge in [-0.25, -0.2) is 0 Å². The molecule has 0 saturated heterocycles. The second-order valence-electron chi connectivity index (χ2n) is 5.16. The fourth-order valence-corrected chi connectivity index (χ4v) is 2.11. The molecule has 0 aromatic heterocycles. The normalized spacial score (nSPS) is 18.4. The van der Waals surface area contributed by atoms with Crippen LogP contribution in [0.3, 0.4) is 0 Å². The van der Waals surface area contributed by atoms with Crippen LogP contribution in [0.5, 0.6) is 0 Å². The summed E-state index contributed by atoms with van der Waals surface area (Å²) in [4.78, 5) is 16.5. The van der Waals surface area contributed by atoms with Gasteiger partial charge >= 0.3 is 0 Å². The molecule has 15 heavy (non-hydrogen) atoms. The summed E-state index contributed by atoms with van der Waals surface area (Å²) in [6.07, 6.45) is 3.18. The largest absolute Gasteiger partial charge is 0.299 e. The summed E-state index contributed by atoms with van der Waals surface area (Å²) < 4.78 is 0. The Balaban J connectivity index is 2.61. The Labute approximate surface area is 93.2 Å². The monoisotopic (exact) mass is 209 g/mol. The third-order valence-corrected chi connectivity index (χ3v) is 3.15. The second-order valence-corrected chi connectivity index (χ2v) is 5.16. The van der Waals surface area contributed by atoms with E-state index < -0.39 is 0 Å². The average Bonchev–Trinajstić information content (AvgIpc) is 2.64. The molecule has 0 saturated carbocycles. The molecule has 0 radical (unpaired) electrons. The Morgan fingerprint density at radius 2 is 2.00 bits per heavy atom. The topological polar surface area (TPSA) is 29.4 Å². The smallest absolute Gasteiger partial charge is 0.139 e. The van der Waals surface area contributed by atoms with Gasteiger partial charge in [-0.2, -0.15) is 0 Å². The first-order valence-corrected chi connectivity index (χ1v) is 6.08. The standard InChI is InChI=1S/C13H23NO/c1-9(2)12(13(15)10(3)4)8-11-6-5-7-14-11/h9-10,12H,5-8H2,1-4H3/t12-/m1/s1. The van der Waals surface area contributed by atoms with E-state index in [0.717, 1.165) is 19.4 Å². The molecule has 1 aliphatic rings. The molecule has 0 amide bonds. The van der Waals surface area contributed by atoms with Crippen molar-refractivity contribution in [2.24, 2.45) is 22.7 Å². The molecule has 0 fully saturated rings. The number of hydrogen-bond acceptors (Lipinski definition) is 2. The predicted molar refractivity (Wildman–Crippen MR) is 64.3 cm³/mol. The number of Topliss-reactive ketones (excluding diaryl/α,β-unsaturated/α-hetero) is 1. The third-order valence-electron chi connectivity index (χ3n) is 3.15. The maximum Gasteiger partial charge on any atom is 0.139 e. The molecule has 86 valence electrons. The zero-order valence-electron chi connectivity index (χ0n) is 10.4. The fourth-order valence-electron chi connectivity index (χ4n) is 2.11. The van der Waals surface area contributed by atoms with Crippen molar-refractivity contribution in [1.29, 1.82) is 0 Å². The summed E-state index contributed by atoms with van der Waals surface area (Å²) in [6.45, 7) is 9.24. The van der Waals surface area contributed by atoms with E-state index in [1.165, 1.54) is 12.1 Å². The van der Waals surface area contributed by atoms with Gasteiger partial charge in [-0.15, -0.1) is 0 Å². The van der Waals surface area contributed by atoms with Crippen molar-refractivity contribution in [1.82, 2.24) is 0 Å². The number of carbonyl (C=O) groups is 1. The average molecular weight is 209 g/mol. The van der Waals surface area contributed by atoms with Crippen molar-refractivity contribution in [3.8, 4) is 0 Å². The third kappa shape index (κ3) is 3.44. The van der Waals surface area contributed by atoms with Crippen molar-refractivity contribution in [3.05, 3.63) is 0 Å². The van der Waals surface area contributed by atoms with E-state index in [-0.39, 0.29) is 11.8 Å². The van der Waals surface area contributed by atoms with E-state index in [1.54, 1.807) is 0 Å². The number of aliphatic imine (C=N–C) groups is 1. The minimum absolute atomic E-state index is 0.152. The molecule has 1 atom stereocenters. The van der Waals surface area contributed by atoms with Crippen LogP contribution in [-0.2, 0) is 4.79 Å². The van der Waals surface area contributed by atoms with Crippen LogP contribution in [0.4, 0.5) is 0 Å². The van der Waals surface area contributed by atoms with Gasteiger partial charge in [0.25, 0.3) is 0 Å². The quantitative estimate of drug-likeness (QED) is 0.684. The first kappa shape index (κ1) is 12.4. The molecule has 0 spiro atoms. The Morgan fingerprint density at radius 3 is 2.40 bits per heavy atom. The van der Waals surface area contributed by atoms with E-state index in [9.17, 15) is 4.79 Å². The summed E-state index contributed by atoms with van der Waals surface area (Å²) in [5, 5.41) is 0. The summed E-state index contributed by atoms with van der Waals surface area (Å²) in [5.74, 6) is 1.17. The Kier molecular flexibility index (Phi) is 4.49. The van der Waals surface area contributed by atoms with Crippen LogP contribution in [0.2, 0.25) is 0 Å². The highest BCUT2D eigenvalue weighted by molar-refractivity contribution is 5.92. The molecule has 1 aliphatic heterocycles. The number of hydrogen-bond donors (Lipinski definition) is 0. The van der Waals surface area contributed by atoms with Crippen LogP contribution in [0.25, 0.3) is 0 Å². The van der Waals surface area contributed by atoms with Crippen LogP contribution < -0.4 is 0 Å². The van der Waals surface area contributed by atoms with Crippen LogP contribution in [0, 0.1) is 17.8 Å². The lowest BCUT2D eigenvalue weighted by molar-refractivity contribution is -0.126. The van der Waals surface area contributed by atoms with Gasteiger partial charge in [0.2, 0.25) is 0 Å². The van der Waals surface area contributed by atoms with Crippen molar-refractivity contribution in [3.63, 3.8) is 0 Å². The number of carbonyl (C=O) groups excluding carboxylic acids is 1. The lowest BCUT2D eigenvalue weighted by Crippen LogP contribution is -2.26. The van der Waals surface area contributed by atoms with E-state index in [4.69, 9.17) is 0 Å². The van der Waals surface area contributed by atoms with Gasteiger partial charge in [-0.1, -0.05) is 27.7 Å². The maximum atomic E-state index is 12.0. The maximum absolute atomic E-state index is 12.0. The van der Waals surface area contributed by atoms with Gasteiger partial charge in [0, 0.05) is 24.1 Å². The van der Waals surface area contributed by atoms with Gasteiger partial charge < -0.3 is 0 Å². The highest BCUT2D eigenvalue weighted by Crippen LogP contribution is 2.23. The highest BCUT2D eigenvalue weighted by Gasteiger charge is 2.26. The molecule has 0 aliphatic carbocycles. The summed E-state index contributed by atoms with van der Waals surface area (Å²) in [5.41, 5.74) is 1.27. The molecule has 0 unspecified atom stereocenters. The Hall–Kier alpha value is -0.660. The van der Waals surface area contributed by atoms with Gasteiger partial charge in [-0.05, 0) is 25.2 Å². The van der Waals surface area contributed by atoms with Crippen LogP contribution >= 0.6 is 0 Å². The Bertz CT molecular complexity index is 253. The molecule has 0 aromatic rings. The highest BCUT2D eigenvalue weighted by atomic mass is 16.1. The molecule has 0 bridgehead atoms. The fraction of sp³-hybridized carbons (Fsp3) is 0.846. The van der Waals surface area contributed by atoms with E-state index in [2.05, 4.69) is 18.8 Å². The number of nitrogens with zero attached hydrogens (tertiary/aromatic N) is 1. The van der Waals surface area contributed by atoms with Crippen molar-refractivity contribution in [2.75, 3.05) is 6.54 Å². The first-order chi connectivity index (χ1) is 7.02. The zero-order valence-corrected chi connectivity index (χ0v) is 10.4. The van der Waals surface area contributed by atoms with Crippen molar-refractivity contribution >= 4 is 11.5 Å². The van der Waals surface area contributed by atoms with Crippen LogP contribution in [-0.4, -0.2) is 18.0 Å². The lowest BCUT2D eigenvalue weighted by atomic mass is 9.82. The van der Waals surface area contributed by atoms with Gasteiger partial charge in [0.1, 0.15) is 5.78 Å². The molecule has 1 heterocycles. The molecule has 2 heteroatoms. The lowest BCUT2D eigenvalue weighted by Gasteiger charge is -2.21. The zero-order chi connectivity index (χ0) is 11.4. The van der Waals surface area contributed by atoms with E-state index in [1.807, 2.05) is 13.8 Å². The minimum Gasteiger partial charge on any atom is -0.299 e. The summed E-state index contributed by atoms with van der Waals surface area (Å²) in [6, 6.07) is 0. The minimum atomic E-state index is 0.152. The first-order valence-electron chi connectivity index (χ1n) is 6.08. The van der Waals surface area contributed by atoms with Crippen molar-refractivity contribution in [2.45, 2.75) is 47.0 Å². The van der Waals surface area contributed by atoms with Gasteiger partial charge in [0.15, 0.2) is 0 Å². The van der Waals surface area contributed by atoms with Crippen LogP contribution in [0.15, 0.2) is 4.99 Å². The second kappa shape index (κ2) is 5.43. The molecule has 0 aromatic carbocycles. The molecule has 2 nitrogen and oxygen atoms in total. The number of rotatable bonds is 5. The summed E-state index contributed by atoms with van der Waals surface area (Å²) in [7, 11) is 0.